The fraction of sp³-hybridized carbons (Fsp3) is 0.533. The zero-order valence-electron chi connectivity index (χ0n) is 12.0. The van der Waals surface area contributed by atoms with Crippen LogP contribution in [0.5, 0.6) is 0 Å². The van der Waals surface area contributed by atoms with Crippen molar-refractivity contribution < 1.29 is 18.7 Å². The summed E-state index contributed by atoms with van der Waals surface area (Å²) in [6, 6.07) is 3.18. The molecule has 0 fully saturated rings. The third kappa shape index (κ3) is 5.25. The number of nitrogens with one attached hydrogen (secondary N) is 1. The number of amides is 1. The van der Waals surface area contributed by atoms with E-state index < -0.39 is 17.7 Å². The molecule has 0 heterocycles. The van der Waals surface area contributed by atoms with Crippen molar-refractivity contribution in [1.82, 2.24) is 5.32 Å². The van der Waals surface area contributed by atoms with Crippen LogP contribution in [0.4, 0.5) is 8.78 Å². The first-order valence-electron chi connectivity index (χ1n) is 6.59. The molecule has 2 N–H and O–H groups in total. The van der Waals surface area contributed by atoms with Gasteiger partial charge in [0.05, 0.1) is 6.10 Å². The lowest BCUT2D eigenvalue weighted by atomic mass is 9.89. The van der Waals surface area contributed by atoms with Gasteiger partial charge in [-0.3, -0.25) is 4.79 Å². The lowest BCUT2D eigenvalue weighted by Crippen LogP contribution is -2.39. The van der Waals surface area contributed by atoms with E-state index >= 15 is 0 Å². The van der Waals surface area contributed by atoms with Crippen LogP contribution in [0.25, 0.3) is 0 Å². The topological polar surface area (TPSA) is 49.3 Å². The van der Waals surface area contributed by atoms with Crippen molar-refractivity contribution in [2.45, 2.75) is 39.7 Å². The molecular formula is C15H21F2NO2. The number of carbonyl (C=O) groups excluding carboxylic acids is 1. The lowest BCUT2D eigenvalue weighted by molar-refractivity contribution is -0.121. The number of aryl methyl sites for hydroxylation is 1. The molecule has 0 aromatic heterocycles. The fourth-order valence-electron chi connectivity index (χ4n) is 1.59. The van der Waals surface area contributed by atoms with Gasteiger partial charge in [-0.1, -0.05) is 20.8 Å². The van der Waals surface area contributed by atoms with Gasteiger partial charge in [-0.15, -0.1) is 0 Å². The fourth-order valence-corrected chi connectivity index (χ4v) is 1.59. The molecule has 0 saturated heterocycles. The zero-order chi connectivity index (χ0) is 15.3. The van der Waals surface area contributed by atoms with Crippen molar-refractivity contribution in [3.63, 3.8) is 0 Å². The first-order valence-corrected chi connectivity index (χ1v) is 6.59. The Morgan fingerprint density at radius 3 is 2.60 bits per heavy atom. The van der Waals surface area contributed by atoms with E-state index in [1.54, 1.807) is 0 Å². The molecule has 1 atom stereocenters. The van der Waals surface area contributed by atoms with Crippen LogP contribution in [-0.2, 0) is 11.2 Å². The summed E-state index contributed by atoms with van der Waals surface area (Å²) in [5, 5.41) is 12.4. The maximum Gasteiger partial charge on any atom is 0.220 e. The Balaban J connectivity index is 2.42. The van der Waals surface area contributed by atoms with E-state index in [0.717, 1.165) is 18.2 Å². The third-order valence-electron chi connectivity index (χ3n) is 3.12. The van der Waals surface area contributed by atoms with Crippen molar-refractivity contribution in [3.05, 3.63) is 35.4 Å². The summed E-state index contributed by atoms with van der Waals surface area (Å²) in [6.07, 6.45) is -0.476. The van der Waals surface area contributed by atoms with Crippen molar-refractivity contribution in [2.24, 2.45) is 5.41 Å². The van der Waals surface area contributed by atoms with Gasteiger partial charge in [0.1, 0.15) is 11.6 Å². The van der Waals surface area contributed by atoms with Crippen LogP contribution in [0.1, 0.15) is 32.8 Å². The smallest absolute Gasteiger partial charge is 0.220 e. The molecule has 5 heteroatoms. The standard InChI is InChI=1S/C15H21F2NO2/c1-15(2,3)13(19)9-18-14(20)7-4-10-8-11(16)5-6-12(10)17/h5-6,8,13,19H,4,7,9H2,1-3H3,(H,18,20). The minimum absolute atomic E-state index is 0.0528. The van der Waals surface area contributed by atoms with Crippen molar-refractivity contribution in [1.29, 1.82) is 0 Å². The van der Waals surface area contributed by atoms with Gasteiger partial charge in [0.25, 0.3) is 0 Å². The zero-order valence-corrected chi connectivity index (χ0v) is 12.0. The van der Waals surface area contributed by atoms with Gasteiger partial charge in [0.15, 0.2) is 0 Å². The van der Waals surface area contributed by atoms with Crippen LogP contribution >= 0.6 is 0 Å². The molecule has 1 rings (SSSR count). The Hall–Kier alpha value is -1.49. The first kappa shape index (κ1) is 16.6. The molecule has 0 radical (unpaired) electrons. The maximum absolute atomic E-state index is 13.4. The summed E-state index contributed by atoms with van der Waals surface area (Å²) in [6.45, 7) is 5.75. The number of hydrogen-bond acceptors (Lipinski definition) is 2. The molecular weight excluding hydrogens is 264 g/mol. The number of benzene rings is 1. The Morgan fingerprint density at radius 2 is 2.00 bits per heavy atom. The minimum Gasteiger partial charge on any atom is -0.391 e. The van der Waals surface area contributed by atoms with Crippen molar-refractivity contribution >= 4 is 5.91 Å². The highest BCUT2D eigenvalue weighted by Crippen LogP contribution is 2.18. The van der Waals surface area contributed by atoms with E-state index in [-0.39, 0.29) is 36.3 Å². The molecule has 0 aliphatic heterocycles. The summed E-state index contributed by atoms with van der Waals surface area (Å²) < 4.78 is 26.3. The van der Waals surface area contributed by atoms with Crippen LogP contribution in [0.15, 0.2) is 18.2 Å². The van der Waals surface area contributed by atoms with E-state index in [9.17, 15) is 18.7 Å². The highest BCUT2D eigenvalue weighted by Gasteiger charge is 2.22. The molecule has 112 valence electrons. The van der Waals surface area contributed by atoms with Gasteiger partial charge >= 0.3 is 0 Å². The predicted molar refractivity (Wildman–Crippen MR) is 73.2 cm³/mol. The average Bonchev–Trinajstić information content (AvgIpc) is 2.35. The maximum atomic E-state index is 13.4. The van der Waals surface area contributed by atoms with Crippen LogP contribution in [-0.4, -0.2) is 23.7 Å². The lowest BCUT2D eigenvalue weighted by Gasteiger charge is -2.25. The Morgan fingerprint density at radius 1 is 1.35 bits per heavy atom. The number of aliphatic hydroxyl groups is 1. The second-order valence-electron chi connectivity index (χ2n) is 5.92. The van der Waals surface area contributed by atoms with E-state index in [1.807, 2.05) is 20.8 Å². The predicted octanol–water partition coefficient (Wildman–Crippen LogP) is 2.42. The summed E-state index contributed by atoms with van der Waals surface area (Å²) in [7, 11) is 0. The highest BCUT2D eigenvalue weighted by molar-refractivity contribution is 5.76. The molecule has 3 nitrogen and oxygen atoms in total. The Labute approximate surface area is 118 Å². The monoisotopic (exact) mass is 285 g/mol. The molecule has 20 heavy (non-hydrogen) atoms. The molecule has 1 aromatic carbocycles. The van der Waals surface area contributed by atoms with E-state index in [4.69, 9.17) is 0 Å². The van der Waals surface area contributed by atoms with Crippen LogP contribution in [0.3, 0.4) is 0 Å². The molecule has 1 unspecified atom stereocenters. The summed E-state index contributed by atoms with van der Waals surface area (Å²) in [4.78, 5) is 11.6. The molecule has 0 aliphatic rings. The minimum atomic E-state index is -0.655. The van der Waals surface area contributed by atoms with Gasteiger partial charge in [0.2, 0.25) is 5.91 Å². The SMILES string of the molecule is CC(C)(C)C(O)CNC(=O)CCc1cc(F)ccc1F. The number of rotatable bonds is 5. The Kier molecular flexibility index (Phi) is 5.62. The molecule has 1 amide bonds. The van der Waals surface area contributed by atoms with E-state index in [1.165, 1.54) is 0 Å². The summed E-state index contributed by atoms with van der Waals surface area (Å²) in [5.74, 6) is -1.34. The summed E-state index contributed by atoms with van der Waals surface area (Å²) in [5.41, 5.74) is -0.140. The molecule has 0 aliphatic carbocycles. The number of carbonyl (C=O) groups is 1. The number of hydrogen-bond donors (Lipinski definition) is 2. The third-order valence-corrected chi connectivity index (χ3v) is 3.12. The van der Waals surface area contributed by atoms with Crippen molar-refractivity contribution in [3.8, 4) is 0 Å². The second kappa shape index (κ2) is 6.79. The van der Waals surface area contributed by atoms with Gasteiger partial charge in [-0.05, 0) is 35.6 Å². The average molecular weight is 285 g/mol. The number of halogens is 2. The van der Waals surface area contributed by atoms with E-state index in [2.05, 4.69) is 5.32 Å². The van der Waals surface area contributed by atoms with Crippen LogP contribution in [0, 0.1) is 17.0 Å². The highest BCUT2D eigenvalue weighted by atomic mass is 19.1. The molecule has 0 saturated carbocycles. The molecule has 0 bridgehead atoms. The van der Waals surface area contributed by atoms with Crippen LogP contribution in [0.2, 0.25) is 0 Å². The second-order valence-corrected chi connectivity index (χ2v) is 5.92. The van der Waals surface area contributed by atoms with Crippen molar-refractivity contribution in [2.75, 3.05) is 6.54 Å². The normalized spacial score (nSPS) is 13.1. The summed E-state index contributed by atoms with van der Waals surface area (Å²) >= 11 is 0. The van der Waals surface area contributed by atoms with Gasteiger partial charge < -0.3 is 10.4 Å². The number of aliphatic hydroxyl groups excluding tert-OH is 1. The quantitative estimate of drug-likeness (QED) is 0.873. The van der Waals surface area contributed by atoms with Gasteiger partial charge in [-0.2, -0.15) is 0 Å². The van der Waals surface area contributed by atoms with Crippen LogP contribution < -0.4 is 5.32 Å². The molecule has 1 aromatic rings. The van der Waals surface area contributed by atoms with E-state index in [0.29, 0.717) is 0 Å². The van der Waals surface area contributed by atoms with Gasteiger partial charge in [-0.25, -0.2) is 8.78 Å². The molecule has 0 spiro atoms. The Bertz CT molecular complexity index is 469. The largest absolute Gasteiger partial charge is 0.391 e. The van der Waals surface area contributed by atoms with Gasteiger partial charge in [0, 0.05) is 13.0 Å². The first-order chi connectivity index (χ1) is 9.20.